The van der Waals surface area contributed by atoms with Gasteiger partial charge >= 0.3 is 0 Å². The second-order valence-corrected chi connectivity index (χ2v) is 9.53. The highest BCUT2D eigenvalue weighted by Crippen LogP contribution is 2.29. The lowest BCUT2D eigenvalue weighted by molar-refractivity contribution is 0.595. The Bertz CT molecular complexity index is 1220. The van der Waals surface area contributed by atoms with Crippen molar-refractivity contribution in [2.75, 3.05) is 16.8 Å². The van der Waals surface area contributed by atoms with Crippen LogP contribution in [0.1, 0.15) is 0 Å². The van der Waals surface area contributed by atoms with Gasteiger partial charge in [-0.3, -0.25) is 0 Å². The second-order valence-electron chi connectivity index (χ2n) is 6.02. The molecule has 0 heterocycles. The van der Waals surface area contributed by atoms with E-state index in [0.29, 0.717) is 17.1 Å². The summed E-state index contributed by atoms with van der Waals surface area (Å²) >= 11 is 0. The van der Waals surface area contributed by atoms with E-state index in [0.717, 1.165) is 0 Å². The average molecular weight is 419 g/mol. The molecular formula is C18H18N4O4S2. The summed E-state index contributed by atoms with van der Waals surface area (Å²) < 4.78 is 48.0. The summed E-state index contributed by atoms with van der Waals surface area (Å²) in [6.45, 7) is 0. The minimum atomic E-state index is -3.78. The molecule has 3 aromatic carbocycles. The summed E-state index contributed by atoms with van der Waals surface area (Å²) in [5.74, 6) is 0. The maximum atomic E-state index is 12.7. The Morgan fingerprint density at radius 2 is 1.21 bits per heavy atom. The summed E-state index contributed by atoms with van der Waals surface area (Å²) in [6.07, 6.45) is 0. The Hall–Kier alpha value is -3.08. The van der Waals surface area contributed by atoms with Crippen LogP contribution in [-0.2, 0) is 19.9 Å². The number of nitrogens with two attached hydrogens (primary N) is 3. The van der Waals surface area contributed by atoms with Crippen LogP contribution in [0.4, 0.5) is 22.7 Å². The molecule has 0 unspecified atom stereocenters. The molecule has 0 aliphatic heterocycles. The van der Waals surface area contributed by atoms with E-state index in [9.17, 15) is 16.8 Å². The maximum Gasteiger partial charge on any atom is 0.238 e. The number of benzene rings is 3. The molecule has 8 nitrogen and oxygen atoms in total. The zero-order valence-corrected chi connectivity index (χ0v) is 16.2. The number of sulfone groups is 1. The van der Waals surface area contributed by atoms with Crippen molar-refractivity contribution in [3.05, 3.63) is 66.7 Å². The second kappa shape index (κ2) is 7.15. The molecule has 0 fully saturated rings. The molecule has 28 heavy (non-hydrogen) atoms. The molecule has 0 aliphatic carbocycles. The van der Waals surface area contributed by atoms with Gasteiger partial charge in [0.1, 0.15) is 0 Å². The van der Waals surface area contributed by atoms with Crippen LogP contribution < -0.4 is 21.9 Å². The standard InChI is InChI=1S/C18H18N4O4S2/c19-12-1-5-14(6-2-12)27(23,24)16-9-10-18(17(20)11-16)22-13-3-7-15(8-4-13)28(21,25)26/h1-11,22H,19-20H2,(H2,21,25,26). The molecule has 7 N–H and O–H groups in total. The fourth-order valence-corrected chi connectivity index (χ4v) is 4.30. The van der Waals surface area contributed by atoms with Crippen LogP contribution in [0.3, 0.4) is 0 Å². The smallest absolute Gasteiger partial charge is 0.238 e. The van der Waals surface area contributed by atoms with Crippen molar-refractivity contribution in [3.8, 4) is 0 Å². The maximum absolute atomic E-state index is 12.7. The van der Waals surface area contributed by atoms with Crippen LogP contribution in [0.25, 0.3) is 0 Å². The topological polar surface area (TPSA) is 158 Å². The molecule has 3 rings (SSSR count). The number of sulfonamides is 1. The molecule has 0 amide bonds. The van der Waals surface area contributed by atoms with Gasteiger partial charge in [0, 0.05) is 11.4 Å². The van der Waals surface area contributed by atoms with Gasteiger partial charge in [-0.05, 0) is 66.7 Å². The zero-order chi connectivity index (χ0) is 20.5. The quantitative estimate of drug-likeness (QED) is 0.462. The van der Waals surface area contributed by atoms with Crippen molar-refractivity contribution in [1.29, 1.82) is 0 Å². The van der Waals surface area contributed by atoms with Crippen LogP contribution >= 0.6 is 0 Å². The van der Waals surface area contributed by atoms with Crippen LogP contribution in [-0.4, -0.2) is 16.8 Å². The van der Waals surface area contributed by atoms with Gasteiger partial charge in [0.2, 0.25) is 19.9 Å². The van der Waals surface area contributed by atoms with E-state index in [-0.39, 0.29) is 20.4 Å². The minimum Gasteiger partial charge on any atom is -0.399 e. The molecule has 3 aromatic rings. The van der Waals surface area contributed by atoms with Gasteiger partial charge in [0.15, 0.2) is 0 Å². The lowest BCUT2D eigenvalue weighted by atomic mass is 10.2. The van der Waals surface area contributed by atoms with Gasteiger partial charge in [-0.15, -0.1) is 0 Å². The van der Waals surface area contributed by atoms with E-state index in [2.05, 4.69) is 5.32 Å². The number of nitrogens with one attached hydrogen (secondary N) is 1. The Morgan fingerprint density at radius 1 is 0.679 bits per heavy atom. The van der Waals surface area contributed by atoms with Gasteiger partial charge in [-0.1, -0.05) is 0 Å². The summed E-state index contributed by atoms with van der Waals surface area (Å²) in [7, 11) is -7.51. The first-order chi connectivity index (χ1) is 13.1. The van der Waals surface area contributed by atoms with Gasteiger partial charge in [-0.25, -0.2) is 22.0 Å². The number of hydrogen-bond acceptors (Lipinski definition) is 7. The predicted molar refractivity (Wildman–Crippen MR) is 108 cm³/mol. The molecule has 0 spiro atoms. The molecule has 0 atom stereocenters. The highest BCUT2D eigenvalue weighted by molar-refractivity contribution is 7.91. The lowest BCUT2D eigenvalue weighted by Crippen LogP contribution is -2.11. The normalized spacial score (nSPS) is 11.9. The largest absolute Gasteiger partial charge is 0.399 e. The monoisotopic (exact) mass is 418 g/mol. The fourth-order valence-electron chi connectivity index (χ4n) is 2.49. The average Bonchev–Trinajstić information content (AvgIpc) is 2.63. The summed E-state index contributed by atoms with van der Waals surface area (Å²) in [4.78, 5) is 0.140. The van der Waals surface area contributed by atoms with Gasteiger partial charge in [-0.2, -0.15) is 0 Å². The summed E-state index contributed by atoms with van der Waals surface area (Å²) in [5, 5.41) is 8.07. The minimum absolute atomic E-state index is 0.0176. The number of hydrogen-bond donors (Lipinski definition) is 4. The number of primary sulfonamides is 1. The SMILES string of the molecule is Nc1ccc(S(=O)(=O)c2ccc(Nc3ccc(S(N)(=O)=O)cc3)c(N)c2)cc1. The van der Waals surface area contributed by atoms with Crippen LogP contribution in [0.5, 0.6) is 0 Å². The summed E-state index contributed by atoms with van der Waals surface area (Å²) in [6, 6.07) is 16.0. The van der Waals surface area contributed by atoms with Crippen molar-refractivity contribution in [3.63, 3.8) is 0 Å². The first-order valence-corrected chi connectivity index (χ1v) is 11.0. The fraction of sp³-hybridized carbons (Fsp3) is 0. The van der Waals surface area contributed by atoms with E-state index in [1.807, 2.05) is 0 Å². The first-order valence-electron chi connectivity index (χ1n) is 7.97. The Balaban J connectivity index is 1.87. The van der Waals surface area contributed by atoms with E-state index < -0.39 is 19.9 Å². The summed E-state index contributed by atoms with van der Waals surface area (Å²) in [5.41, 5.74) is 13.3. The van der Waals surface area contributed by atoms with Crippen molar-refractivity contribution < 1.29 is 16.8 Å². The third-order valence-corrected chi connectivity index (χ3v) is 6.68. The molecule has 0 saturated carbocycles. The molecular weight excluding hydrogens is 400 g/mol. The van der Waals surface area contributed by atoms with Gasteiger partial charge < -0.3 is 16.8 Å². The van der Waals surface area contributed by atoms with Crippen molar-refractivity contribution in [1.82, 2.24) is 0 Å². The van der Waals surface area contributed by atoms with Crippen molar-refractivity contribution in [2.24, 2.45) is 5.14 Å². The predicted octanol–water partition coefficient (Wildman–Crippen LogP) is 2.07. The Morgan fingerprint density at radius 3 is 1.75 bits per heavy atom. The Kier molecular flexibility index (Phi) is 5.02. The molecule has 0 aromatic heterocycles. The van der Waals surface area contributed by atoms with Crippen LogP contribution in [0.15, 0.2) is 81.4 Å². The van der Waals surface area contributed by atoms with Crippen LogP contribution in [0.2, 0.25) is 0 Å². The number of rotatable bonds is 5. The van der Waals surface area contributed by atoms with E-state index >= 15 is 0 Å². The van der Waals surface area contributed by atoms with Gasteiger partial charge in [0.25, 0.3) is 0 Å². The molecule has 0 saturated heterocycles. The van der Waals surface area contributed by atoms with Gasteiger partial charge in [0.05, 0.1) is 26.1 Å². The number of nitrogen functional groups attached to an aromatic ring is 2. The third-order valence-electron chi connectivity index (χ3n) is 3.99. The van der Waals surface area contributed by atoms with Crippen molar-refractivity contribution >= 4 is 42.6 Å². The molecule has 0 aliphatic rings. The zero-order valence-electron chi connectivity index (χ0n) is 14.5. The highest BCUT2D eigenvalue weighted by Gasteiger charge is 2.18. The van der Waals surface area contributed by atoms with E-state index in [1.54, 1.807) is 0 Å². The molecule has 0 radical (unpaired) electrons. The molecule has 146 valence electrons. The molecule has 0 bridgehead atoms. The number of anilines is 4. The molecule has 10 heteroatoms. The van der Waals surface area contributed by atoms with E-state index in [4.69, 9.17) is 16.6 Å². The Labute approximate surface area is 163 Å². The van der Waals surface area contributed by atoms with Crippen molar-refractivity contribution in [2.45, 2.75) is 14.7 Å². The highest BCUT2D eigenvalue weighted by atomic mass is 32.2. The first kappa shape index (κ1) is 19.7. The third kappa shape index (κ3) is 4.09. The lowest BCUT2D eigenvalue weighted by Gasteiger charge is -2.12. The van der Waals surface area contributed by atoms with E-state index in [1.165, 1.54) is 66.7 Å². The van der Waals surface area contributed by atoms with Crippen LogP contribution in [0, 0.1) is 0 Å².